The number of anilines is 1. The molecular weight excluding hydrogens is 387 g/mol. The van der Waals surface area contributed by atoms with Gasteiger partial charge in [0.05, 0.1) is 12.6 Å². The lowest BCUT2D eigenvalue weighted by Gasteiger charge is -2.21. The van der Waals surface area contributed by atoms with Crippen LogP contribution in [0.25, 0.3) is 0 Å². The monoisotopic (exact) mass is 412 g/mol. The third-order valence-corrected chi connectivity index (χ3v) is 3.78. The highest BCUT2D eigenvalue weighted by molar-refractivity contribution is 14.0. The number of hydrogen-bond acceptors (Lipinski definition) is 2. The van der Waals surface area contributed by atoms with Crippen LogP contribution in [0.5, 0.6) is 0 Å². The molecule has 1 heterocycles. The molecule has 0 spiro atoms. The zero-order valence-electron chi connectivity index (χ0n) is 13.3. The summed E-state index contributed by atoms with van der Waals surface area (Å²) < 4.78 is 0. The minimum Gasteiger partial charge on any atom is -0.372 e. The van der Waals surface area contributed by atoms with E-state index in [4.69, 9.17) is 6.42 Å². The third-order valence-electron chi connectivity index (χ3n) is 3.78. The van der Waals surface area contributed by atoms with Crippen LogP contribution in [0.4, 0.5) is 5.69 Å². The van der Waals surface area contributed by atoms with Crippen molar-refractivity contribution in [2.24, 2.45) is 4.99 Å². The number of benzene rings is 1. The van der Waals surface area contributed by atoms with Crippen molar-refractivity contribution >= 4 is 35.6 Å². The van der Waals surface area contributed by atoms with Gasteiger partial charge in [0, 0.05) is 25.8 Å². The summed E-state index contributed by atoms with van der Waals surface area (Å²) in [4.78, 5) is 6.63. The highest BCUT2D eigenvalue weighted by atomic mass is 127. The predicted molar refractivity (Wildman–Crippen MR) is 105 cm³/mol. The number of halogens is 1. The zero-order chi connectivity index (χ0) is 15.1. The molecule has 120 valence electrons. The fraction of sp³-hybridized carbons (Fsp3) is 0.471. The first-order chi connectivity index (χ1) is 10.2. The molecule has 5 heteroatoms. The second-order valence-corrected chi connectivity index (χ2v) is 5.29. The Morgan fingerprint density at radius 2 is 2.14 bits per heavy atom. The Balaban J connectivity index is 0.00000242. The van der Waals surface area contributed by atoms with Crippen LogP contribution in [0.15, 0.2) is 29.3 Å². The summed E-state index contributed by atoms with van der Waals surface area (Å²) in [6.07, 6.45) is 7.85. The minimum absolute atomic E-state index is 0. The summed E-state index contributed by atoms with van der Waals surface area (Å²) in [5.41, 5.74) is 2.56. The van der Waals surface area contributed by atoms with E-state index in [0.717, 1.165) is 19.0 Å². The highest BCUT2D eigenvalue weighted by Crippen LogP contribution is 2.23. The Morgan fingerprint density at radius 3 is 2.77 bits per heavy atom. The molecule has 2 N–H and O–H groups in total. The highest BCUT2D eigenvalue weighted by Gasteiger charge is 2.14. The number of aliphatic imine (C=N–C) groups is 1. The van der Waals surface area contributed by atoms with Gasteiger partial charge < -0.3 is 15.5 Å². The summed E-state index contributed by atoms with van der Waals surface area (Å²) in [6.45, 7) is 4.93. The number of hydrogen-bond donors (Lipinski definition) is 2. The average Bonchev–Trinajstić information content (AvgIpc) is 3.05. The Kier molecular flexibility index (Phi) is 8.10. The topological polar surface area (TPSA) is 39.7 Å². The van der Waals surface area contributed by atoms with Gasteiger partial charge in [-0.1, -0.05) is 18.1 Å². The Hall–Kier alpha value is -1.42. The van der Waals surface area contributed by atoms with Crippen molar-refractivity contribution in [1.82, 2.24) is 10.6 Å². The van der Waals surface area contributed by atoms with Crippen LogP contribution in [-0.2, 0) is 0 Å². The van der Waals surface area contributed by atoms with Gasteiger partial charge in [-0.2, -0.15) is 0 Å². The van der Waals surface area contributed by atoms with Gasteiger partial charge in [-0.15, -0.1) is 30.4 Å². The molecule has 1 fully saturated rings. The summed E-state index contributed by atoms with van der Waals surface area (Å²) in [5, 5.41) is 6.44. The first kappa shape index (κ1) is 18.6. The van der Waals surface area contributed by atoms with Crippen LogP contribution in [0.1, 0.15) is 31.4 Å². The van der Waals surface area contributed by atoms with Crippen LogP contribution in [0.2, 0.25) is 0 Å². The van der Waals surface area contributed by atoms with Crippen LogP contribution in [0.3, 0.4) is 0 Å². The predicted octanol–water partition coefficient (Wildman–Crippen LogP) is 2.76. The largest absolute Gasteiger partial charge is 0.372 e. The zero-order valence-corrected chi connectivity index (χ0v) is 15.6. The molecule has 1 aromatic carbocycles. The molecule has 1 saturated heterocycles. The van der Waals surface area contributed by atoms with Crippen molar-refractivity contribution in [3.05, 3.63) is 29.8 Å². The summed E-state index contributed by atoms with van der Waals surface area (Å²) in [6, 6.07) is 8.89. The summed E-state index contributed by atoms with van der Waals surface area (Å²) in [7, 11) is 1.75. The minimum atomic E-state index is 0. The molecule has 4 nitrogen and oxygen atoms in total. The molecule has 0 saturated carbocycles. The molecule has 1 atom stereocenters. The normalized spacial score (nSPS) is 15.7. The smallest absolute Gasteiger partial charge is 0.192 e. The van der Waals surface area contributed by atoms with E-state index in [1.54, 1.807) is 7.05 Å². The van der Waals surface area contributed by atoms with Gasteiger partial charge in [0.25, 0.3) is 0 Å². The quantitative estimate of drug-likeness (QED) is 0.346. The maximum atomic E-state index is 5.26. The van der Waals surface area contributed by atoms with E-state index >= 15 is 0 Å². The summed E-state index contributed by atoms with van der Waals surface area (Å²) >= 11 is 0. The van der Waals surface area contributed by atoms with E-state index in [-0.39, 0.29) is 30.0 Å². The van der Waals surface area contributed by atoms with Gasteiger partial charge in [0.1, 0.15) is 0 Å². The van der Waals surface area contributed by atoms with Crippen molar-refractivity contribution in [2.75, 3.05) is 31.6 Å². The first-order valence-corrected chi connectivity index (χ1v) is 7.50. The van der Waals surface area contributed by atoms with E-state index in [1.165, 1.54) is 24.1 Å². The van der Waals surface area contributed by atoms with Crippen LogP contribution >= 0.6 is 24.0 Å². The van der Waals surface area contributed by atoms with Gasteiger partial charge in [-0.05, 0) is 37.5 Å². The molecule has 0 radical (unpaired) electrons. The number of nitrogens with zero attached hydrogens (tertiary/aromatic N) is 2. The lowest BCUT2D eigenvalue weighted by molar-refractivity contribution is 0.694. The lowest BCUT2D eigenvalue weighted by Crippen LogP contribution is -2.38. The van der Waals surface area contributed by atoms with Crippen molar-refractivity contribution in [2.45, 2.75) is 25.8 Å². The molecule has 22 heavy (non-hydrogen) atoms. The molecule has 2 rings (SSSR count). The fourth-order valence-electron chi connectivity index (χ4n) is 2.58. The standard InChI is InChI=1S/C17H24N4.HI/c1-4-10-19-17(18-3)20-14(2)15-8-7-9-16(13-15)21-11-5-6-12-21;/h1,7-9,13-14H,5-6,10-12H2,2-3H3,(H2,18,19,20);1H. The second-order valence-electron chi connectivity index (χ2n) is 5.29. The maximum absolute atomic E-state index is 5.26. The van der Waals surface area contributed by atoms with Gasteiger partial charge in [0.15, 0.2) is 5.96 Å². The van der Waals surface area contributed by atoms with Crippen molar-refractivity contribution < 1.29 is 0 Å². The van der Waals surface area contributed by atoms with Gasteiger partial charge in [-0.25, -0.2) is 0 Å². The molecule has 0 aliphatic carbocycles. The lowest BCUT2D eigenvalue weighted by atomic mass is 10.1. The fourth-order valence-corrected chi connectivity index (χ4v) is 2.58. The molecule has 0 bridgehead atoms. The molecule has 0 amide bonds. The molecule has 1 unspecified atom stereocenters. The number of rotatable bonds is 4. The third kappa shape index (κ3) is 5.09. The van der Waals surface area contributed by atoms with E-state index in [2.05, 4.69) is 57.6 Å². The van der Waals surface area contributed by atoms with Crippen molar-refractivity contribution in [1.29, 1.82) is 0 Å². The molecule has 1 aliphatic heterocycles. The SMILES string of the molecule is C#CCNC(=NC)NC(C)c1cccc(N2CCCC2)c1.I. The number of terminal acetylenes is 1. The van der Waals surface area contributed by atoms with Crippen molar-refractivity contribution in [3.8, 4) is 12.3 Å². The molecule has 1 aliphatic rings. The number of nitrogens with one attached hydrogen (secondary N) is 2. The van der Waals surface area contributed by atoms with Gasteiger partial charge in [0.2, 0.25) is 0 Å². The van der Waals surface area contributed by atoms with Crippen LogP contribution in [0, 0.1) is 12.3 Å². The Labute approximate surface area is 150 Å². The number of guanidine groups is 1. The van der Waals surface area contributed by atoms with E-state index < -0.39 is 0 Å². The first-order valence-electron chi connectivity index (χ1n) is 7.50. The van der Waals surface area contributed by atoms with Gasteiger partial charge in [-0.3, -0.25) is 4.99 Å². The van der Waals surface area contributed by atoms with E-state index in [0.29, 0.717) is 6.54 Å². The maximum Gasteiger partial charge on any atom is 0.192 e. The van der Waals surface area contributed by atoms with Crippen LogP contribution in [-0.4, -0.2) is 32.6 Å². The van der Waals surface area contributed by atoms with Crippen molar-refractivity contribution in [3.63, 3.8) is 0 Å². The molecule has 1 aromatic rings. The van der Waals surface area contributed by atoms with Crippen LogP contribution < -0.4 is 15.5 Å². The molecular formula is C17H25IN4. The summed E-state index contributed by atoms with van der Waals surface area (Å²) in [5.74, 6) is 3.28. The van der Waals surface area contributed by atoms with E-state index in [9.17, 15) is 0 Å². The molecule has 0 aromatic heterocycles. The van der Waals surface area contributed by atoms with Gasteiger partial charge >= 0.3 is 0 Å². The Morgan fingerprint density at radius 1 is 1.41 bits per heavy atom. The average molecular weight is 412 g/mol. The Bertz CT molecular complexity index is 530. The second kappa shape index (κ2) is 9.57. The van der Waals surface area contributed by atoms with E-state index in [1.807, 2.05) is 0 Å².